The Kier molecular flexibility index (Phi) is 5.15. The second-order valence-corrected chi connectivity index (χ2v) is 5.76. The highest BCUT2D eigenvalue weighted by atomic mass is 16.2. The standard InChI is InChI=1S/C16H20N6O2/c23-14(18-12-6-2-1-3-7-12)9-10-17-16(24)13-8-4-5-11-22-15(13)19-20-21-22/h1-3,6-7,13H,4-5,8-11H2,(H,17,24)(H,18,23)/t13-/m1/s1. The number of anilines is 1. The molecule has 3 rings (SSSR count). The van der Waals surface area contributed by atoms with Crippen molar-refractivity contribution in [3.05, 3.63) is 36.2 Å². The number of tetrazole rings is 1. The number of carbonyl (C=O) groups excluding carboxylic acids is 2. The molecule has 1 aromatic carbocycles. The third-order valence-corrected chi connectivity index (χ3v) is 4.01. The summed E-state index contributed by atoms with van der Waals surface area (Å²) in [6.45, 7) is 1.03. The van der Waals surface area contributed by atoms with Crippen LogP contribution in [0.2, 0.25) is 0 Å². The molecule has 0 fully saturated rings. The number of hydrogen-bond donors (Lipinski definition) is 2. The quantitative estimate of drug-likeness (QED) is 0.855. The van der Waals surface area contributed by atoms with Gasteiger partial charge < -0.3 is 10.6 Å². The smallest absolute Gasteiger partial charge is 0.230 e. The van der Waals surface area contributed by atoms with Crippen molar-refractivity contribution in [2.24, 2.45) is 0 Å². The lowest BCUT2D eigenvalue weighted by Gasteiger charge is -2.13. The van der Waals surface area contributed by atoms with Crippen molar-refractivity contribution in [3.8, 4) is 0 Å². The van der Waals surface area contributed by atoms with Gasteiger partial charge in [0, 0.05) is 25.2 Å². The molecule has 1 aliphatic heterocycles. The van der Waals surface area contributed by atoms with Gasteiger partial charge in [-0.25, -0.2) is 4.68 Å². The van der Waals surface area contributed by atoms with Gasteiger partial charge in [-0.3, -0.25) is 9.59 Å². The molecule has 2 amide bonds. The molecular formula is C16H20N6O2. The highest BCUT2D eigenvalue weighted by Crippen LogP contribution is 2.23. The van der Waals surface area contributed by atoms with Gasteiger partial charge in [0.05, 0.1) is 5.92 Å². The van der Waals surface area contributed by atoms with Gasteiger partial charge in [-0.15, -0.1) is 5.10 Å². The van der Waals surface area contributed by atoms with Crippen LogP contribution in [0.5, 0.6) is 0 Å². The average Bonchev–Trinajstić information content (AvgIpc) is 2.95. The number of nitrogens with zero attached hydrogens (tertiary/aromatic N) is 4. The second kappa shape index (κ2) is 7.67. The molecule has 1 aromatic heterocycles. The lowest BCUT2D eigenvalue weighted by Crippen LogP contribution is -2.33. The molecule has 2 aromatic rings. The van der Waals surface area contributed by atoms with Crippen molar-refractivity contribution in [3.63, 3.8) is 0 Å². The van der Waals surface area contributed by atoms with Crippen LogP contribution in [-0.4, -0.2) is 38.6 Å². The van der Waals surface area contributed by atoms with E-state index in [4.69, 9.17) is 0 Å². The van der Waals surface area contributed by atoms with Crippen LogP contribution >= 0.6 is 0 Å². The Morgan fingerprint density at radius 2 is 2.04 bits per heavy atom. The first-order valence-electron chi connectivity index (χ1n) is 8.13. The molecule has 2 N–H and O–H groups in total. The van der Waals surface area contributed by atoms with E-state index in [9.17, 15) is 9.59 Å². The van der Waals surface area contributed by atoms with Gasteiger partial charge in [0.2, 0.25) is 11.8 Å². The van der Waals surface area contributed by atoms with E-state index in [0.717, 1.165) is 31.5 Å². The maximum absolute atomic E-state index is 12.4. The summed E-state index contributed by atoms with van der Waals surface area (Å²) in [7, 11) is 0. The Bertz CT molecular complexity index is 700. The first-order chi connectivity index (χ1) is 11.7. The molecule has 0 saturated heterocycles. The van der Waals surface area contributed by atoms with Gasteiger partial charge in [-0.05, 0) is 35.4 Å². The number of benzene rings is 1. The lowest BCUT2D eigenvalue weighted by molar-refractivity contribution is -0.123. The predicted octanol–water partition coefficient (Wildman–Crippen LogP) is 1.09. The molecular weight excluding hydrogens is 308 g/mol. The zero-order chi connectivity index (χ0) is 16.8. The average molecular weight is 328 g/mol. The molecule has 0 radical (unpaired) electrons. The third-order valence-electron chi connectivity index (χ3n) is 4.01. The summed E-state index contributed by atoms with van der Waals surface area (Å²) < 4.78 is 1.69. The fraction of sp³-hybridized carbons (Fsp3) is 0.438. The van der Waals surface area contributed by atoms with Gasteiger partial charge in [0.25, 0.3) is 0 Å². The summed E-state index contributed by atoms with van der Waals surface area (Å²) in [6, 6.07) is 9.24. The molecule has 0 bridgehead atoms. The van der Waals surface area contributed by atoms with E-state index in [1.165, 1.54) is 0 Å². The second-order valence-electron chi connectivity index (χ2n) is 5.76. The minimum Gasteiger partial charge on any atom is -0.355 e. The first kappa shape index (κ1) is 16.1. The van der Waals surface area contributed by atoms with Crippen molar-refractivity contribution in [2.45, 2.75) is 38.1 Å². The summed E-state index contributed by atoms with van der Waals surface area (Å²) in [5.41, 5.74) is 0.747. The minimum absolute atomic E-state index is 0.125. The summed E-state index contributed by atoms with van der Waals surface area (Å²) in [5.74, 6) is 0.00563. The van der Waals surface area contributed by atoms with E-state index in [-0.39, 0.29) is 30.7 Å². The molecule has 0 saturated carbocycles. The van der Waals surface area contributed by atoms with Crippen LogP contribution in [0, 0.1) is 0 Å². The van der Waals surface area contributed by atoms with E-state index in [1.54, 1.807) is 4.68 Å². The number of fused-ring (bicyclic) bond motifs is 1. The van der Waals surface area contributed by atoms with Gasteiger partial charge in [0.1, 0.15) is 0 Å². The number of aryl methyl sites for hydroxylation is 1. The molecule has 1 aliphatic rings. The fourth-order valence-electron chi connectivity index (χ4n) is 2.78. The summed E-state index contributed by atoms with van der Waals surface area (Å²) in [4.78, 5) is 24.3. The highest BCUT2D eigenvalue weighted by molar-refractivity contribution is 5.91. The van der Waals surface area contributed by atoms with Crippen molar-refractivity contribution in [1.82, 2.24) is 25.5 Å². The number of nitrogens with one attached hydrogen (secondary N) is 2. The zero-order valence-electron chi connectivity index (χ0n) is 13.3. The van der Waals surface area contributed by atoms with E-state index < -0.39 is 0 Å². The van der Waals surface area contributed by atoms with Crippen molar-refractivity contribution < 1.29 is 9.59 Å². The summed E-state index contributed by atoms with van der Waals surface area (Å²) >= 11 is 0. The van der Waals surface area contributed by atoms with Crippen LogP contribution in [0.4, 0.5) is 5.69 Å². The van der Waals surface area contributed by atoms with Crippen LogP contribution in [0.15, 0.2) is 30.3 Å². The van der Waals surface area contributed by atoms with Crippen LogP contribution < -0.4 is 10.6 Å². The topological polar surface area (TPSA) is 102 Å². The molecule has 8 nitrogen and oxygen atoms in total. The first-order valence-corrected chi connectivity index (χ1v) is 8.13. The van der Waals surface area contributed by atoms with Gasteiger partial charge >= 0.3 is 0 Å². The maximum atomic E-state index is 12.4. The number of rotatable bonds is 5. The Labute approximate surface area is 139 Å². The van der Waals surface area contributed by atoms with Crippen molar-refractivity contribution in [2.75, 3.05) is 11.9 Å². The number of para-hydroxylation sites is 1. The van der Waals surface area contributed by atoms with Gasteiger partial charge in [-0.2, -0.15) is 0 Å². The van der Waals surface area contributed by atoms with Gasteiger partial charge in [0.15, 0.2) is 5.82 Å². The van der Waals surface area contributed by atoms with Crippen LogP contribution in [-0.2, 0) is 16.1 Å². The van der Waals surface area contributed by atoms with Crippen LogP contribution in [0.3, 0.4) is 0 Å². The fourth-order valence-corrected chi connectivity index (χ4v) is 2.78. The number of aromatic nitrogens is 4. The summed E-state index contributed by atoms with van der Waals surface area (Å²) in [6.07, 6.45) is 2.85. The number of carbonyl (C=O) groups is 2. The highest BCUT2D eigenvalue weighted by Gasteiger charge is 2.28. The molecule has 0 aliphatic carbocycles. The number of hydrogen-bond acceptors (Lipinski definition) is 5. The molecule has 0 spiro atoms. The van der Waals surface area contributed by atoms with E-state index in [2.05, 4.69) is 26.2 Å². The normalized spacial score (nSPS) is 16.8. The lowest BCUT2D eigenvalue weighted by atomic mass is 10.0. The molecule has 126 valence electrons. The molecule has 2 heterocycles. The van der Waals surface area contributed by atoms with Crippen molar-refractivity contribution >= 4 is 17.5 Å². The number of amides is 2. The minimum atomic E-state index is -0.348. The Balaban J connectivity index is 1.48. The Hall–Kier alpha value is -2.77. The van der Waals surface area contributed by atoms with Gasteiger partial charge in [-0.1, -0.05) is 24.6 Å². The van der Waals surface area contributed by atoms with Crippen LogP contribution in [0.25, 0.3) is 0 Å². The molecule has 8 heteroatoms. The Morgan fingerprint density at radius 1 is 1.21 bits per heavy atom. The predicted molar refractivity (Wildman–Crippen MR) is 87.1 cm³/mol. The maximum Gasteiger partial charge on any atom is 0.230 e. The zero-order valence-corrected chi connectivity index (χ0v) is 13.3. The van der Waals surface area contributed by atoms with Crippen molar-refractivity contribution in [1.29, 1.82) is 0 Å². The van der Waals surface area contributed by atoms with Crippen LogP contribution in [0.1, 0.15) is 37.4 Å². The molecule has 0 unspecified atom stereocenters. The third kappa shape index (κ3) is 3.95. The molecule has 24 heavy (non-hydrogen) atoms. The monoisotopic (exact) mass is 328 g/mol. The van der Waals surface area contributed by atoms with E-state index in [0.29, 0.717) is 5.82 Å². The van der Waals surface area contributed by atoms with E-state index in [1.807, 2.05) is 30.3 Å². The largest absolute Gasteiger partial charge is 0.355 e. The van der Waals surface area contributed by atoms with E-state index >= 15 is 0 Å². The Morgan fingerprint density at radius 3 is 2.88 bits per heavy atom. The summed E-state index contributed by atoms with van der Waals surface area (Å²) in [5, 5.41) is 17.2. The molecule has 1 atom stereocenters. The SMILES string of the molecule is O=C(CCNC(=O)[C@@H]1CCCCn2nnnc21)Nc1ccccc1.